The van der Waals surface area contributed by atoms with Crippen LogP contribution in [0.2, 0.25) is 0 Å². The highest BCUT2D eigenvalue weighted by Crippen LogP contribution is 2.44. The maximum atomic E-state index is 12.2. The van der Waals surface area contributed by atoms with Crippen LogP contribution in [-0.4, -0.2) is 29.2 Å². The van der Waals surface area contributed by atoms with E-state index in [1.54, 1.807) is 0 Å². The number of benzene rings is 1. The number of aliphatic hydroxyl groups is 1. The summed E-state index contributed by atoms with van der Waals surface area (Å²) in [5, 5.41) is 8.62. The topological polar surface area (TPSA) is 46.5 Å². The summed E-state index contributed by atoms with van der Waals surface area (Å²) in [4.78, 5) is 11.2. The van der Waals surface area contributed by atoms with Gasteiger partial charge in [0.15, 0.2) is 0 Å². The SMILES string of the molecule is O=C(OC(O)(C(F)(F)F)C(F)(F)F)c1ccccc1. The zero-order chi connectivity index (χ0) is 14.9. The van der Waals surface area contributed by atoms with Crippen LogP contribution in [0.15, 0.2) is 30.3 Å². The lowest BCUT2D eigenvalue weighted by Crippen LogP contribution is -2.59. The Morgan fingerprint density at radius 1 is 0.947 bits per heavy atom. The van der Waals surface area contributed by atoms with Crippen LogP contribution in [0.25, 0.3) is 0 Å². The molecule has 1 N–H and O–H groups in total. The molecule has 0 bridgehead atoms. The summed E-state index contributed by atoms with van der Waals surface area (Å²) in [6.45, 7) is 0. The lowest BCUT2D eigenvalue weighted by molar-refractivity contribution is -0.441. The van der Waals surface area contributed by atoms with Gasteiger partial charge in [-0.15, -0.1) is 0 Å². The molecule has 0 amide bonds. The second-order valence-electron chi connectivity index (χ2n) is 3.40. The molecule has 0 radical (unpaired) electrons. The van der Waals surface area contributed by atoms with Crippen molar-refractivity contribution in [2.24, 2.45) is 0 Å². The molecule has 1 aromatic rings. The van der Waals surface area contributed by atoms with Crippen LogP contribution in [0.1, 0.15) is 10.4 Å². The lowest BCUT2D eigenvalue weighted by atomic mass is 10.2. The molecule has 0 aliphatic carbocycles. The summed E-state index contributed by atoms with van der Waals surface area (Å²) in [5.41, 5.74) is -0.561. The van der Waals surface area contributed by atoms with E-state index < -0.39 is 29.7 Å². The first-order chi connectivity index (χ1) is 8.49. The fraction of sp³-hybridized carbons (Fsp3) is 0.300. The molecule has 0 heterocycles. The molecule has 0 unspecified atom stereocenters. The third-order valence-electron chi connectivity index (χ3n) is 2.02. The van der Waals surface area contributed by atoms with Gasteiger partial charge in [0.25, 0.3) is 0 Å². The number of hydrogen-bond acceptors (Lipinski definition) is 3. The molecule has 3 nitrogen and oxygen atoms in total. The van der Waals surface area contributed by atoms with Crippen molar-refractivity contribution >= 4 is 5.97 Å². The molecule has 0 aromatic heterocycles. The Morgan fingerprint density at radius 2 is 1.37 bits per heavy atom. The highest BCUT2D eigenvalue weighted by atomic mass is 19.4. The van der Waals surface area contributed by atoms with E-state index in [0.29, 0.717) is 0 Å². The zero-order valence-electron chi connectivity index (χ0n) is 8.92. The largest absolute Gasteiger partial charge is 0.465 e. The lowest BCUT2D eigenvalue weighted by Gasteiger charge is -2.31. The van der Waals surface area contributed by atoms with Crippen LogP contribution < -0.4 is 0 Å². The fourth-order valence-electron chi connectivity index (χ4n) is 1.04. The molecule has 0 spiro atoms. The minimum atomic E-state index is -6.21. The van der Waals surface area contributed by atoms with Gasteiger partial charge in [-0.3, -0.25) is 0 Å². The van der Waals surface area contributed by atoms with Crippen LogP contribution in [0.4, 0.5) is 26.3 Å². The molecule has 0 aliphatic rings. The number of carbonyl (C=O) groups excluding carboxylic acids is 1. The summed E-state index contributed by atoms with van der Waals surface area (Å²) in [6.07, 6.45) is -12.4. The van der Waals surface area contributed by atoms with Gasteiger partial charge in [-0.25, -0.2) is 4.79 Å². The van der Waals surface area contributed by atoms with Crippen molar-refractivity contribution in [3.05, 3.63) is 35.9 Å². The van der Waals surface area contributed by atoms with E-state index in [9.17, 15) is 31.1 Å². The highest BCUT2D eigenvalue weighted by molar-refractivity contribution is 5.89. The number of esters is 1. The second kappa shape index (κ2) is 4.72. The maximum Gasteiger partial charge on any atom is 0.465 e. The van der Waals surface area contributed by atoms with Crippen LogP contribution in [0.5, 0.6) is 0 Å². The predicted octanol–water partition coefficient (Wildman–Crippen LogP) is 2.66. The Kier molecular flexibility index (Phi) is 3.80. The van der Waals surface area contributed by atoms with E-state index in [1.165, 1.54) is 18.2 Å². The number of carbonyl (C=O) groups is 1. The Bertz CT molecular complexity index is 437. The van der Waals surface area contributed by atoms with E-state index in [4.69, 9.17) is 5.11 Å². The molecule has 1 aromatic carbocycles. The van der Waals surface area contributed by atoms with Crippen LogP contribution >= 0.6 is 0 Å². The van der Waals surface area contributed by atoms with Gasteiger partial charge in [-0.2, -0.15) is 26.3 Å². The number of ether oxygens (including phenoxy) is 1. The first-order valence-corrected chi connectivity index (χ1v) is 4.63. The molecule has 0 saturated carbocycles. The maximum absolute atomic E-state index is 12.2. The molecule has 0 saturated heterocycles. The second-order valence-corrected chi connectivity index (χ2v) is 3.40. The van der Waals surface area contributed by atoms with Crippen LogP contribution in [0, 0.1) is 0 Å². The van der Waals surface area contributed by atoms with Gasteiger partial charge >= 0.3 is 24.1 Å². The first-order valence-electron chi connectivity index (χ1n) is 4.63. The number of alkyl halides is 6. The van der Waals surface area contributed by atoms with Gasteiger partial charge in [-0.1, -0.05) is 18.2 Å². The normalized spacial score (nSPS) is 13.2. The minimum absolute atomic E-state index is 0.561. The molecule has 0 aliphatic heterocycles. The van der Waals surface area contributed by atoms with Crippen LogP contribution in [0.3, 0.4) is 0 Å². The quantitative estimate of drug-likeness (QED) is 0.517. The monoisotopic (exact) mass is 288 g/mol. The molecular formula is C10H6F6O3. The summed E-state index contributed by atoms with van der Waals surface area (Å²) in [6, 6.07) is 5.68. The van der Waals surface area contributed by atoms with E-state index in [0.717, 1.165) is 12.1 Å². The number of rotatable bonds is 2. The van der Waals surface area contributed by atoms with Gasteiger partial charge in [0.2, 0.25) is 0 Å². The third kappa shape index (κ3) is 2.98. The fourth-order valence-corrected chi connectivity index (χ4v) is 1.04. The van der Waals surface area contributed by atoms with Crippen molar-refractivity contribution in [3.63, 3.8) is 0 Å². The van der Waals surface area contributed by atoms with Crippen molar-refractivity contribution in [1.82, 2.24) is 0 Å². The molecule has 19 heavy (non-hydrogen) atoms. The van der Waals surface area contributed by atoms with Crippen molar-refractivity contribution in [2.75, 3.05) is 0 Å². The Hall–Kier alpha value is -1.77. The standard InChI is InChI=1S/C10H6F6O3/c11-9(12,13)8(18,10(14,15)16)19-7(17)6-4-2-1-3-5-6/h1-5,18H. The smallest absolute Gasteiger partial charge is 0.412 e. The van der Waals surface area contributed by atoms with Crippen molar-refractivity contribution < 1.29 is 41.0 Å². The highest BCUT2D eigenvalue weighted by Gasteiger charge is 2.74. The van der Waals surface area contributed by atoms with Crippen molar-refractivity contribution in [2.45, 2.75) is 18.1 Å². The zero-order valence-corrected chi connectivity index (χ0v) is 8.92. The van der Waals surface area contributed by atoms with Gasteiger partial charge in [0.05, 0.1) is 5.56 Å². The Labute approximate surface area is 102 Å². The summed E-state index contributed by atoms with van der Waals surface area (Å²) in [7, 11) is 0. The molecule has 0 fully saturated rings. The molecule has 9 heteroatoms. The number of halogens is 6. The van der Waals surface area contributed by atoms with E-state index in [1.807, 2.05) is 0 Å². The summed E-state index contributed by atoms with van der Waals surface area (Å²) in [5.74, 6) is -7.50. The number of hydrogen-bond donors (Lipinski definition) is 1. The first kappa shape index (κ1) is 15.3. The molecule has 1 rings (SSSR count). The van der Waals surface area contributed by atoms with Gasteiger partial charge in [0, 0.05) is 0 Å². The molecule has 0 atom stereocenters. The third-order valence-corrected chi connectivity index (χ3v) is 2.02. The Morgan fingerprint density at radius 3 is 1.74 bits per heavy atom. The molecular weight excluding hydrogens is 282 g/mol. The van der Waals surface area contributed by atoms with Gasteiger partial charge < -0.3 is 9.84 Å². The average molecular weight is 288 g/mol. The summed E-state index contributed by atoms with van der Waals surface area (Å²) < 4.78 is 76.6. The summed E-state index contributed by atoms with van der Waals surface area (Å²) >= 11 is 0. The predicted molar refractivity (Wildman–Crippen MR) is 48.9 cm³/mol. The molecule has 106 valence electrons. The Balaban J connectivity index is 3.08. The van der Waals surface area contributed by atoms with E-state index >= 15 is 0 Å². The van der Waals surface area contributed by atoms with E-state index in [-0.39, 0.29) is 0 Å². The minimum Gasteiger partial charge on any atom is -0.412 e. The van der Waals surface area contributed by atoms with E-state index in [2.05, 4.69) is 4.74 Å². The van der Waals surface area contributed by atoms with Gasteiger partial charge in [0.1, 0.15) is 0 Å². The van der Waals surface area contributed by atoms with Crippen molar-refractivity contribution in [1.29, 1.82) is 0 Å². The van der Waals surface area contributed by atoms with Crippen molar-refractivity contribution in [3.8, 4) is 0 Å². The average Bonchev–Trinajstić information content (AvgIpc) is 2.27. The van der Waals surface area contributed by atoms with Crippen LogP contribution in [-0.2, 0) is 4.74 Å². The van der Waals surface area contributed by atoms with Gasteiger partial charge in [-0.05, 0) is 12.1 Å².